The largest absolute Gasteiger partial charge is 0.497 e. The molecule has 0 radical (unpaired) electrons. The molecule has 0 bridgehead atoms. The van der Waals surface area contributed by atoms with E-state index in [1.54, 1.807) is 0 Å². The maximum absolute atomic E-state index is 12.6. The number of amides is 1. The molecule has 1 heterocycles. The molecular formula is C14H20N2O5S. The van der Waals surface area contributed by atoms with Gasteiger partial charge in [-0.15, -0.1) is 0 Å². The molecular weight excluding hydrogens is 308 g/mol. The van der Waals surface area contributed by atoms with Crippen molar-refractivity contribution in [2.75, 3.05) is 13.8 Å². The lowest BCUT2D eigenvalue weighted by Gasteiger charge is -2.38. The summed E-state index contributed by atoms with van der Waals surface area (Å²) in [6.07, 6.45) is -0.275. The van der Waals surface area contributed by atoms with Crippen LogP contribution >= 0.6 is 0 Å². The summed E-state index contributed by atoms with van der Waals surface area (Å²) in [4.78, 5) is 13.5. The predicted molar refractivity (Wildman–Crippen MR) is 79.1 cm³/mol. The molecule has 1 saturated heterocycles. The molecule has 1 aromatic carbocycles. The lowest BCUT2D eigenvalue weighted by atomic mass is 10.2. The molecule has 1 aromatic rings. The maximum Gasteiger partial charge on any atom is 0.226 e. The zero-order chi connectivity index (χ0) is 16.5. The van der Waals surface area contributed by atoms with Crippen LogP contribution in [0.5, 0.6) is 5.75 Å². The van der Waals surface area contributed by atoms with Gasteiger partial charge in [-0.25, -0.2) is 8.42 Å². The minimum Gasteiger partial charge on any atom is -0.497 e. The van der Waals surface area contributed by atoms with Crippen LogP contribution in [0, 0.1) is 0 Å². The van der Waals surface area contributed by atoms with Gasteiger partial charge >= 0.3 is 0 Å². The minimum absolute atomic E-state index is 0.0446. The third kappa shape index (κ3) is 3.08. The van der Waals surface area contributed by atoms with Gasteiger partial charge in [0.15, 0.2) is 15.2 Å². The van der Waals surface area contributed by atoms with E-state index in [9.17, 15) is 18.4 Å². The van der Waals surface area contributed by atoms with Crippen molar-refractivity contribution in [1.82, 2.24) is 9.96 Å². The van der Waals surface area contributed by atoms with Gasteiger partial charge in [0.2, 0.25) is 5.91 Å². The molecule has 22 heavy (non-hydrogen) atoms. The Kier molecular flexibility index (Phi) is 4.74. The van der Waals surface area contributed by atoms with Gasteiger partial charge in [0, 0.05) is 6.04 Å². The molecule has 0 saturated carbocycles. The van der Waals surface area contributed by atoms with Crippen LogP contribution in [0.15, 0.2) is 29.2 Å². The zero-order valence-corrected chi connectivity index (χ0v) is 13.6. The second-order valence-electron chi connectivity index (χ2n) is 5.42. The van der Waals surface area contributed by atoms with E-state index in [1.807, 2.05) is 13.8 Å². The molecule has 0 aromatic heterocycles. The van der Waals surface area contributed by atoms with Crippen molar-refractivity contribution >= 4 is 15.7 Å². The quantitative estimate of drug-likeness (QED) is 0.890. The number of hydroxylamine groups is 2. The maximum atomic E-state index is 12.6. The molecule has 0 spiro atoms. The Balaban J connectivity index is 2.27. The van der Waals surface area contributed by atoms with Crippen LogP contribution < -0.4 is 4.74 Å². The average molecular weight is 328 g/mol. The molecule has 1 N–H and O–H groups in total. The topological polar surface area (TPSA) is 87.2 Å². The first-order valence-electron chi connectivity index (χ1n) is 6.90. The molecule has 1 fully saturated rings. The SMILES string of the molecule is COc1ccc(S(=O)(=O)C2CC(=O)N(C(C)C)CN2O)cc1. The van der Waals surface area contributed by atoms with Gasteiger partial charge in [0.05, 0.1) is 25.1 Å². The van der Waals surface area contributed by atoms with Crippen molar-refractivity contribution in [1.29, 1.82) is 0 Å². The van der Waals surface area contributed by atoms with Crippen LogP contribution in [0.25, 0.3) is 0 Å². The number of methoxy groups -OCH3 is 1. The van der Waals surface area contributed by atoms with Crippen LogP contribution in [-0.2, 0) is 14.6 Å². The first-order chi connectivity index (χ1) is 10.3. The van der Waals surface area contributed by atoms with E-state index in [-0.39, 0.29) is 29.9 Å². The van der Waals surface area contributed by atoms with Gasteiger partial charge in [-0.2, -0.15) is 5.06 Å². The normalized spacial score (nSPS) is 20.5. The van der Waals surface area contributed by atoms with E-state index in [1.165, 1.54) is 36.3 Å². The van der Waals surface area contributed by atoms with Crippen LogP contribution in [0.2, 0.25) is 0 Å². The fraction of sp³-hybridized carbons (Fsp3) is 0.500. The molecule has 1 aliphatic rings. The monoisotopic (exact) mass is 328 g/mol. The smallest absolute Gasteiger partial charge is 0.226 e. The zero-order valence-electron chi connectivity index (χ0n) is 12.8. The van der Waals surface area contributed by atoms with Crippen molar-refractivity contribution in [3.05, 3.63) is 24.3 Å². The predicted octanol–water partition coefficient (Wildman–Crippen LogP) is 1.08. The fourth-order valence-corrected chi connectivity index (χ4v) is 3.92. The number of carbonyl (C=O) groups is 1. The number of carbonyl (C=O) groups excluding carboxylic acids is 1. The van der Waals surface area contributed by atoms with Gasteiger partial charge < -0.3 is 14.8 Å². The van der Waals surface area contributed by atoms with E-state index in [2.05, 4.69) is 0 Å². The third-order valence-corrected chi connectivity index (χ3v) is 5.72. The fourth-order valence-electron chi connectivity index (χ4n) is 2.34. The molecule has 1 unspecified atom stereocenters. The number of hydrogen-bond acceptors (Lipinski definition) is 6. The summed E-state index contributed by atoms with van der Waals surface area (Å²) >= 11 is 0. The van der Waals surface area contributed by atoms with Crippen LogP contribution in [0.1, 0.15) is 20.3 Å². The van der Waals surface area contributed by atoms with Crippen LogP contribution in [0.4, 0.5) is 0 Å². The van der Waals surface area contributed by atoms with E-state index in [0.29, 0.717) is 10.8 Å². The van der Waals surface area contributed by atoms with Gasteiger partial charge in [-0.05, 0) is 38.1 Å². The second-order valence-corrected chi connectivity index (χ2v) is 7.52. The molecule has 7 nitrogen and oxygen atoms in total. The van der Waals surface area contributed by atoms with Crippen LogP contribution in [0.3, 0.4) is 0 Å². The highest BCUT2D eigenvalue weighted by atomic mass is 32.2. The summed E-state index contributed by atoms with van der Waals surface area (Å²) < 4.78 is 30.2. The van der Waals surface area contributed by atoms with E-state index in [4.69, 9.17) is 4.74 Å². The Bertz CT molecular complexity index is 642. The highest BCUT2D eigenvalue weighted by Crippen LogP contribution is 2.26. The number of ether oxygens (including phenoxy) is 1. The van der Waals surface area contributed by atoms with Crippen molar-refractivity contribution in [2.45, 2.75) is 36.6 Å². The van der Waals surface area contributed by atoms with Crippen molar-refractivity contribution in [3.63, 3.8) is 0 Å². The van der Waals surface area contributed by atoms with E-state index < -0.39 is 15.2 Å². The molecule has 1 amide bonds. The van der Waals surface area contributed by atoms with Gasteiger partial charge in [-0.1, -0.05) is 0 Å². The Morgan fingerprint density at radius 2 is 1.86 bits per heavy atom. The Hall–Kier alpha value is -1.64. The number of hydrogen-bond donors (Lipinski definition) is 1. The summed E-state index contributed by atoms with van der Waals surface area (Å²) in [5.74, 6) is 0.243. The standard InChI is InChI=1S/C14H20N2O5S/c1-10(2)15-9-16(18)14(8-13(15)17)22(19,20)12-6-4-11(21-3)5-7-12/h4-7,10,14,18H,8-9H2,1-3H3. The Morgan fingerprint density at radius 3 is 2.36 bits per heavy atom. The lowest BCUT2D eigenvalue weighted by molar-refractivity contribution is -0.180. The van der Waals surface area contributed by atoms with Gasteiger partial charge in [-0.3, -0.25) is 4.79 Å². The Morgan fingerprint density at radius 1 is 1.27 bits per heavy atom. The van der Waals surface area contributed by atoms with Crippen molar-refractivity contribution in [2.24, 2.45) is 0 Å². The highest BCUT2D eigenvalue weighted by molar-refractivity contribution is 7.92. The molecule has 0 aliphatic carbocycles. The highest BCUT2D eigenvalue weighted by Gasteiger charge is 2.41. The lowest BCUT2D eigenvalue weighted by Crippen LogP contribution is -2.56. The first-order valence-corrected chi connectivity index (χ1v) is 8.45. The summed E-state index contributed by atoms with van der Waals surface area (Å²) in [6.45, 7) is 3.49. The number of benzene rings is 1. The van der Waals surface area contributed by atoms with Gasteiger partial charge in [0.1, 0.15) is 5.75 Å². The van der Waals surface area contributed by atoms with Crippen molar-refractivity contribution < 1.29 is 23.2 Å². The molecule has 1 aliphatic heterocycles. The Labute approximate surface area is 130 Å². The van der Waals surface area contributed by atoms with E-state index in [0.717, 1.165) is 0 Å². The molecule has 122 valence electrons. The summed E-state index contributed by atoms with van der Waals surface area (Å²) in [5, 5.41) is 9.47. The third-order valence-electron chi connectivity index (χ3n) is 3.67. The van der Waals surface area contributed by atoms with Crippen molar-refractivity contribution in [3.8, 4) is 5.75 Å². The van der Waals surface area contributed by atoms with E-state index >= 15 is 0 Å². The summed E-state index contributed by atoms with van der Waals surface area (Å²) in [7, 11) is -2.36. The van der Waals surface area contributed by atoms with Crippen LogP contribution in [-0.4, -0.2) is 54.7 Å². The summed E-state index contributed by atoms with van der Waals surface area (Å²) in [5.41, 5.74) is 0. The second kappa shape index (κ2) is 6.23. The average Bonchev–Trinajstić information content (AvgIpc) is 2.48. The number of rotatable bonds is 4. The molecule has 2 rings (SSSR count). The molecule has 1 atom stereocenters. The number of sulfone groups is 1. The van der Waals surface area contributed by atoms with Gasteiger partial charge in [0.25, 0.3) is 0 Å². The number of nitrogens with zero attached hydrogens (tertiary/aromatic N) is 2. The summed E-state index contributed by atoms with van der Waals surface area (Å²) in [6, 6.07) is 5.76. The minimum atomic E-state index is -3.85. The molecule has 8 heteroatoms. The first kappa shape index (κ1) is 16.7.